The lowest BCUT2D eigenvalue weighted by molar-refractivity contribution is 0.731. The molecule has 0 aliphatic heterocycles. The first-order chi connectivity index (χ1) is 13.6. The number of nitrogens with zero attached hydrogens (tertiary/aromatic N) is 4. The minimum atomic E-state index is -0.182. The van der Waals surface area contributed by atoms with Crippen molar-refractivity contribution >= 4 is 5.69 Å². The Morgan fingerprint density at radius 2 is 1.46 bits per heavy atom. The molecule has 140 valence electrons. The van der Waals surface area contributed by atoms with Crippen molar-refractivity contribution in [2.24, 2.45) is 0 Å². The van der Waals surface area contributed by atoms with E-state index in [4.69, 9.17) is 0 Å². The summed E-state index contributed by atoms with van der Waals surface area (Å²) in [6, 6.07) is 24.7. The van der Waals surface area contributed by atoms with E-state index < -0.39 is 0 Å². The van der Waals surface area contributed by atoms with Crippen molar-refractivity contribution in [2.75, 3.05) is 5.32 Å². The molecule has 3 aromatic carbocycles. The molecular weight excluding hydrogens is 346 g/mol. The van der Waals surface area contributed by atoms with Crippen LogP contribution in [0.3, 0.4) is 0 Å². The lowest BCUT2D eigenvalue weighted by Crippen LogP contribution is -2.19. The predicted octanol–water partition coefficient (Wildman–Crippen LogP) is 4.79. The van der Waals surface area contributed by atoms with Crippen LogP contribution in [0.4, 0.5) is 5.69 Å². The van der Waals surface area contributed by atoms with Gasteiger partial charge in [0.15, 0.2) is 5.82 Å². The zero-order chi connectivity index (χ0) is 19.5. The summed E-state index contributed by atoms with van der Waals surface area (Å²) in [6.45, 7) is 6.25. The molecule has 28 heavy (non-hydrogen) atoms. The fourth-order valence-corrected chi connectivity index (χ4v) is 3.43. The number of benzene rings is 3. The first-order valence-corrected chi connectivity index (χ1v) is 9.36. The van der Waals surface area contributed by atoms with E-state index in [0.717, 1.165) is 33.9 Å². The third-order valence-electron chi connectivity index (χ3n) is 4.90. The van der Waals surface area contributed by atoms with Gasteiger partial charge in [-0.3, -0.25) is 0 Å². The van der Waals surface area contributed by atoms with Gasteiger partial charge in [0.25, 0.3) is 0 Å². The Labute approximate surface area is 165 Å². The van der Waals surface area contributed by atoms with E-state index in [1.54, 1.807) is 0 Å². The van der Waals surface area contributed by atoms with Crippen molar-refractivity contribution in [2.45, 2.75) is 26.8 Å². The van der Waals surface area contributed by atoms with Gasteiger partial charge in [-0.2, -0.15) is 4.68 Å². The Hall–Kier alpha value is -3.47. The summed E-state index contributed by atoms with van der Waals surface area (Å²) in [4.78, 5) is 0. The van der Waals surface area contributed by atoms with Crippen molar-refractivity contribution in [3.63, 3.8) is 0 Å². The largest absolute Gasteiger partial charge is 0.371 e. The van der Waals surface area contributed by atoms with Crippen LogP contribution in [-0.2, 0) is 0 Å². The number of nitrogens with one attached hydrogen (secondary N) is 1. The van der Waals surface area contributed by atoms with Crippen LogP contribution in [0, 0.1) is 20.8 Å². The highest BCUT2D eigenvalue weighted by atomic mass is 15.5. The fraction of sp³-hybridized carbons (Fsp3) is 0.174. The number of para-hydroxylation sites is 1. The minimum Gasteiger partial charge on any atom is -0.371 e. The van der Waals surface area contributed by atoms with E-state index in [1.165, 1.54) is 5.56 Å². The number of tetrazole rings is 1. The average Bonchev–Trinajstić information content (AvgIpc) is 3.17. The number of rotatable bonds is 5. The summed E-state index contributed by atoms with van der Waals surface area (Å²) in [6.07, 6.45) is 0. The van der Waals surface area contributed by atoms with Crippen molar-refractivity contribution in [1.29, 1.82) is 0 Å². The molecule has 1 atom stereocenters. The first-order valence-electron chi connectivity index (χ1n) is 9.36. The topological polar surface area (TPSA) is 55.6 Å². The Balaban J connectivity index is 1.82. The zero-order valence-corrected chi connectivity index (χ0v) is 16.3. The van der Waals surface area contributed by atoms with Crippen molar-refractivity contribution in [3.05, 3.63) is 101 Å². The van der Waals surface area contributed by atoms with Gasteiger partial charge < -0.3 is 5.32 Å². The van der Waals surface area contributed by atoms with Crippen LogP contribution >= 0.6 is 0 Å². The van der Waals surface area contributed by atoms with Crippen LogP contribution < -0.4 is 5.32 Å². The molecule has 5 heteroatoms. The van der Waals surface area contributed by atoms with Crippen molar-refractivity contribution in [1.82, 2.24) is 20.2 Å². The Kier molecular flexibility index (Phi) is 4.89. The van der Waals surface area contributed by atoms with Crippen molar-refractivity contribution in [3.8, 4) is 5.69 Å². The zero-order valence-electron chi connectivity index (χ0n) is 16.3. The van der Waals surface area contributed by atoms with Crippen LogP contribution in [0.25, 0.3) is 5.69 Å². The summed E-state index contributed by atoms with van der Waals surface area (Å²) < 4.78 is 1.85. The van der Waals surface area contributed by atoms with Crippen LogP contribution in [0.5, 0.6) is 0 Å². The van der Waals surface area contributed by atoms with Crippen LogP contribution in [0.2, 0.25) is 0 Å². The van der Waals surface area contributed by atoms with Gasteiger partial charge in [0.2, 0.25) is 0 Å². The average molecular weight is 369 g/mol. The Morgan fingerprint density at radius 1 is 0.786 bits per heavy atom. The van der Waals surface area contributed by atoms with Gasteiger partial charge in [0.1, 0.15) is 6.04 Å². The number of hydrogen-bond acceptors (Lipinski definition) is 4. The third-order valence-corrected chi connectivity index (χ3v) is 4.90. The molecule has 4 aromatic rings. The van der Waals surface area contributed by atoms with E-state index in [-0.39, 0.29) is 6.04 Å². The molecule has 4 rings (SSSR count). The molecule has 1 heterocycles. The molecule has 0 saturated carbocycles. The second-order valence-corrected chi connectivity index (χ2v) is 7.04. The summed E-state index contributed by atoms with van der Waals surface area (Å²) in [5, 5.41) is 16.3. The molecule has 0 aliphatic carbocycles. The summed E-state index contributed by atoms with van der Waals surface area (Å²) in [5.41, 5.74) is 6.64. The predicted molar refractivity (Wildman–Crippen MR) is 112 cm³/mol. The highest BCUT2D eigenvalue weighted by molar-refractivity contribution is 5.51. The summed E-state index contributed by atoms with van der Waals surface area (Å²) in [7, 11) is 0. The lowest BCUT2D eigenvalue weighted by Gasteiger charge is -2.21. The molecule has 1 N–H and O–H groups in total. The molecule has 0 aliphatic rings. The Bertz CT molecular complexity index is 1050. The molecule has 0 bridgehead atoms. The second kappa shape index (κ2) is 7.64. The monoisotopic (exact) mass is 369 g/mol. The van der Waals surface area contributed by atoms with E-state index in [0.29, 0.717) is 0 Å². The maximum Gasteiger partial charge on any atom is 0.183 e. The normalized spacial score (nSPS) is 12.0. The van der Waals surface area contributed by atoms with Gasteiger partial charge in [-0.05, 0) is 60.0 Å². The lowest BCUT2D eigenvalue weighted by atomic mass is 10.0. The SMILES string of the molecule is Cc1ccc(N[C@H](c2ccccc2)c2nnnn2-c2c(C)cccc2C)cc1. The highest BCUT2D eigenvalue weighted by Crippen LogP contribution is 2.28. The number of aryl methyl sites for hydroxylation is 3. The molecule has 0 unspecified atom stereocenters. The molecule has 0 saturated heterocycles. The van der Waals surface area contributed by atoms with E-state index in [1.807, 2.05) is 22.9 Å². The molecule has 1 aromatic heterocycles. The van der Waals surface area contributed by atoms with Gasteiger partial charge in [-0.25, -0.2) is 0 Å². The van der Waals surface area contributed by atoms with E-state index in [2.05, 4.69) is 96.2 Å². The third kappa shape index (κ3) is 3.51. The molecule has 0 spiro atoms. The van der Waals surface area contributed by atoms with Gasteiger partial charge in [0.05, 0.1) is 5.69 Å². The quantitative estimate of drug-likeness (QED) is 0.549. The van der Waals surface area contributed by atoms with Crippen molar-refractivity contribution < 1.29 is 0 Å². The van der Waals surface area contributed by atoms with Crippen LogP contribution in [0.1, 0.15) is 34.1 Å². The van der Waals surface area contributed by atoms with Gasteiger partial charge in [-0.15, -0.1) is 5.10 Å². The van der Waals surface area contributed by atoms with E-state index in [9.17, 15) is 0 Å². The van der Waals surface area contributed by atoms with Gasteiger partial charge in [-0.1, -0.05) is 66.2 Å². The standard InChI is InChI=1S/C23H23N5/c1-16-12-14-20(15-13-16)24-21(19-10-5-4-6-11-19)23-25-26-27-28(23)22-17(2)8-7-9-18(22)3/h4-15,21,24H,1-3H3/t21-/m1/s1. The molecule has 0 radical (unpaired) electrons. The summed E-state index contributed by atoms with van der Waals surface area (Å²) in [5.74, 6) is 0.754. The number of aromatic nitrogens is 4. The van der Waals surface area contributed by atoms with Gasteiger partial charge in [0, 0.05) is 5.69 Å². The maximum absolute atomic E-state index is 4.40. The molecule has 0 amide bonds. The number of anilines is 1. The molecular formula is C23H23N5. The van der Waals surface area contributed by atoms with Gasteiger partial charge >= 0.3 is 0 Å². The van der Waals surface area contributed by atoms with Crippen LogP contribution in [-0.4, -0.2) is 20.2 Å². The molecule has 5 nitrogen and oxygen atoms in total. The van der Waals surface area contributed by atoms with E-state index >= 15 is 0 Å². The molecule has 0 fully saturated rings. The van der Waals surface area contributed by atoms with Crippen LogP contribution in [0.15, 0.2) is 72.8 Å². The second-order valence-electron chi connectivity index (χ2n) is 7.04. The first kappa shape index (κ1) is 17.9. The fourth-order valence-electron chi connectivity index (χ4n) is 3.43. The minimum absolute atomic E-state index is 0.182. The summed E-state index contributed by atoms with van der Waals surface area (Å²) >= 11 is 0. The highest BCUT2D eigenvalue weighted by Gasteiger charge is 2.23. The maximum atomic E-state index is 4.40. The smallest absolute Gasteiger partial charge is 0.183 e. The Morgan fingerprint density at radius 3 is 2.14 bits per heavy atom. The number of hydrogen-bond donors (Lipinski definition) is 1.